The van der Waals surface area contributed by atoms with E-state index in [-0.39, 0.29) is 11.6 Å². The van der Waals surface area contributed by atoms with Gasteiger partial charge in [0.25, 0.3) is 0 Å². The number of anilines is 1. The second-order valence-corrected chi connectivity index (χ2v) is 4.32. The lowest BCUT2D eigenvalue weighted by Crippen LogP contribution is -2.29. The highest BCUT2D eigenvalue weighted by Gasteiger charge is 2.10. The molecule has 0 fully saturated rings. The average Bonchev–Trinajstić information content (AvgIpc) is 2.44. The molecule has 0 amide bonds. The van der Waals surface area contributed by atoms with E-state index < -0.39 is 0 Å². The molecule has 0 bridgehead atoms. The van der Waals surface area contributed by atoms with Gasteiger partial charge in [0.1, 0.15) is 5.82 Å². The zero-order chi connectivity index (χ0) is 14.5. The van der Waals surface area contributed by atoms with Crippen molar-refractivity contribution in [3.8, 4) is 11.4 Å². The predicted octanol–water partition coefficient (Wildman–Crippen LogP) is 1.25. The van der Waals surface area contributed by atoms with Crippen molar-refractivity contribution in [1.29, 1.82) is 0 Å². The number of aryl methyl sites for hydroxylation is 1. The summed E-state index contributed by atoms with van der Waals surface area (Å²) in [6, 6.07) is 7.77. The summed E-state index contributed by atoms with van der Waals surface area (Å²) in [5, 5.41) is 0. The van der Waals surface area contributed by atoms with Crippen LogP contribution in [0, 0.1) is 6.92 Å². The number of aromatic nitrogens is 3. The molecule has 0 saturated carbocycles. The van der Waals surface area contributed by atoms with Crippen LogP contribution in [0.25, 0.3) is 11.4 Å². The molecule has 1 aromatic carbocycles. The van der Waals surface area contributed by atoms with Crippen LogP contribution in [0.4, 0.5) is 5.95 Å². The van der Waals surface area contributed by atoms with Gasteiger partial charge in [0.05, 0.1) is 0 Å². The molecule has 0 spiro atoms. The van der Waals surface area contributed by atoms with Crippen LogP contribution in [-0.2, 0) is 7.05 Å². The van der Waals surface area contributed by atoms with Crippen molar-refractivity contribution >= 4 is 5.95 Å². The normalized spacial score (nSPS) is 10.3. The summed E-state index contributed by atoms with van der Waals surface area (Å²) in [5.74, 6) is 0.819. The third kappa shape index (κ3) is 2.92. The standard InChI is InChI=1S/C14H17N5O/c1-4-9-15-18-13-16-12(19(3)14(20)17-13)11-8-6-5-7-10(11)2/h4-8,15H,1,9H2,2-3H3,(H,17,18,20). The van der Waals surface area contributed by atoms with E-state index in [0.717, 1.165) is 11.1 Å². The zero-order valence-electron chi connectivity index (χ0n) is 11.6. The van der Waals surface area contributed by atoms with Crippen LogP contribution in [-0.4, -0.2) is 21.1 Å². The first-order valence-electron chi connectivity index (χ1n) is 6.24. The van der Waals surface area contributed by atoms with E-state index in [0.29, 0.717) is 12.4 Å². The van der Waals surface area contributed by atoms with Crippen LogP contribution in [0.15, 0.2) is 41.7 Å². The molecule has 0 aliphatic heterocycles. The van der Waals surface area contributed by atoms with E-state index in [1.807, 2.05) is 31.2 Å². The molecule has 104 valence electrons. The molecule has 1 aromatic heterocycles. The minimum absolute atomic E-state index is 0.244. The maximum Gasteiger partial charge on any atom is 0.352 e. The van der Waals surface area contributed by atoms with Crippen molar-refractivity contribution < 1.29 is 0 Å². The number of rotatable bonds is 5. The van der Waals surface area contributed by atoms with Gasteiger partial charge >= 0.3 is 5.69 Å². The summed E-state index contributed by atoms with van der Waals surface area (Å²) in [4.78, 5) is 20.1. The maximum absolute atomic E-state index is 11.9. The fourth-order valence-corrected chi connectivity index (χ4v) is 1.78. The van der Waals surface area contributed by atoms with Gasteiger partial charge in [0.2, 0.25) is 5.95 Å². The largest absolute Gasteiger partial charge is 0.352 e. The van der Waals surface area contributed by atoms with Crippen LogP contribution in [0.2, 0.25) is 0 Å². The van der Waals surface area contributed by atoms with Crippen LogP contribution < -0.4 is 16.5 Å². The predicted molar refractivity (Wildman–Crippen MR) is 79.3 cm³/mol. The van der Waals surface area contributed by atoms with E-state index in [1.54, 1.807) is 13.1 Å². The molecule has 2 N–H and O–H groups in total. The Bertz CT molecular complexity index is 678. The molecule has 0 atom stereocenters. The molecule has 1 heterocycles. The Morgan fingerprint density at radius 2 is 2.10 bits per heavy atom. The van der Waals surface area contributed by atoms with Gasteiger partial charge in [-0.15, -0.1) is 6.58 Å². The summed E-state index contributed by atoms with van der Waals surface area (Å²) in [6.07, 6.45) is 1.69. The van der Waals surface area contributed by atoms with Gasteiger partial charge in [0.15, 0.2) is 0 Å². The number of hydrogen-bond donors (Lipinski definition) is 2. The first-order valence-corrected chi connectivity index (χ1v) is 6.24. The molecule has 0 unspecified atom stereocenters. The van der Waals surface area contributed by atoms with E-state index in [9.17, 15) is 4.79 Å². The highest BCUT2D eigenvalue weighted by Crippen LogP contribution is 2.19. The van der Waals surface area contributed by atoms with Crippen molar-refractivity contribution in [2.45, 2.75) is 6.92 Å². The highest BCUT2D eigenvalue weighted by atomic mass is 16.1. The molecular weight excluding hydrogens is 254 g/mol. The SMILES string of the molecule is C=CCNNc1nc(-c2ccccc2C)n(C)c(=O)n1. The molecule has 2 aromatic rings. The Labute approximate surface area is 117 Å². The first-order chi connectivity index (χ1) is 9.63. The van der Waals surface area contributed by atoms with Crippen molar-refractivity contribution in [2.75, 3.05) is 12.0 Å². The van der Waals surface area contributed by atoms with Gasteiger partial charge in [0, 0.05) is 19.2 Å². The van der Waals surface area contributed by atoms with Crippen LogP contribution in [0.1, 0.15) is 5.56 Å². The van der Waals surface area contributed by atoms with Gasteiger partial charge in [-0.1, -0.05) is 30.3 Å². The minimum atomic E-state index is -0.360. The molecule has 0 aliphatic carbocycles. The van der Waals surface area contributed by atoms with Crippen LogP contribution in [0.3, 0.4) is 0 Å². The van der Waals surface area contributed by atoms with Crippen molar-refractivity contribution in [3.05, 3.63) is 53.0 Å². The van der Waals surface area contributed by atoms with Gasteiger partial charge < -0.3 is 0 Å². The number of nitrogens with zero attached hydrogens (tertiary/aromatic N) is 3. The third-order valence-electron chi connectivity index (χ3n) is 2.85. The molecule has 20 heavy (non-hydrogen) atoms. The molecule has 0 saturated heterocycles. The fourth-order valence-electron chi connectivity index (χ4n) is 1.78. The zero-order valence-corrected chi connectivity index (χ0v) is 11.6. The minimum Gasteiger partial charge on any atom is -0.289 e. The van der Waals surface area contributed by atoms with Crippen molar-refractivity contribution in [3.63, 3.8) is 0 Å². The Kier molecular flexibility index (Phi) is 4.27. The maximum atomic E-state index is 11.9. The molecular formula is C14H17N5O. The molecule has 2 rings (SSSR count). The second kappa shape index (κ2) is 6.12. The van der Waals surface area contributed by atoms with Crippen LogP contribution in [0.5, 0.6) is 0 Å². The van der Waals surface area contributed by atoms with Gasteiger partial charge in [-0.3, -0.25) is 9.99 Å². The monoisotopic (exact) mass is 271 g/mol. The van der Waals surface area contributed by atoms with Crippen molar-refractivity contribution in [1.82, 2.24) is 20.0 Å². The Morgan fingerprint density at radius 3 is 2.80 bits per heavy atom. The third-order valence-corrected chi connectivity index (χ3v) is 2.85. The van der Waals surface area contributed by atoms with E-state index in [1.165, 1.54) is 4.57 Å². The van der Waals surface area contributed by atoms with Gasteiger partial charge in [-0.25, -0.2) is 10.2 Å². The summed E-state index contributed by atoms with van der Waals surface area (Å²) in [6.45, 7) is 6.11. The lowest BCUT2D eigenvalue weighted by Gasteiger charge is -2.11. The van der Waals surface area contributed by atoms with Gasteiger partial charge in [-0.05, 0) is 12.5 Å². The summed E-state index contributed by atoms with van der Waals surface area (Å²) >= 11 is 0. The lowest BCUT2D eigenvalue weighted by atomic mass is 10.1. The molecule has 0 radical (unpaired) electrons. The number of benzene rings is 1. The van der Waals surface area contributed by atoms with E-state index in [4.69, 9.17) is 0 Å². The Hall–Kier alpha value is -2.47. The quantitative estimate of drug-likeness (QED) is 0.486. The first kappa shape index (κ1) is 14.0. The number of hydrogen-bond acceptors (Lipinski definition) is 5. The lowest BCUT2D eigenvalue weighted by molar-refractivity contribution is 0.768. The van der Waals surface area contributed by atoms with E-state index >= 15 is 0 Å². The second-order valence-electron chi connectivity index (χ2n) is 4.32. The average molecular weight is 271 g/mol. The molecule has 0 aliphatic rings. The van der Waals surface area contributed by atoms with E-state index in [2.05, 4.69) is 27.4 Å². The molecule has 6 heteroatoms. The smallest absolute Gasteiger partial charge is 0.289 e. The summed E-state index contributed by atoms with van der Waals surface area (Å²) in [5.41, 5.74) is 7.23. The summed E-state index contributed by atoms with van der Waals surface area (Å²) in [7, 11) is 1.66. The van der Waals surface area contributed by atoms with Gasteiger partial charge in [-0.2, -0.15) is 9.97 Å². The summed E-state index contributed by atoms with van der Waals surface area (Å²) < 4.78 is 1.43. The number of hydrazine groups is 1. The molecule has 6 nitrogen and oxygen atoms in total. The number of nitrogens with one attached hydrogen (secondary N) is 2. The Balaban J connectivity index is 2.45. The fraction of sp³-hybridized carbons (Fsp3) is 0.214. The van der Waals surface area contributed by atoms with Crippen LogP contribution >= 0.6 is 0 Å². The highest BCUT2D eigenvalue weighted by molar-refractivity contribution is 5.60. The van der Waals surface area contributed by atoms with Crippen molar-refractivity contribution in [2.24, 2.45) is 7.05 Å². The topological polar surface area (TPSA) is 71.8 Å². The Morgan fingerprint density at radius 1 is 1.35 bits per heavy atom.